The molecule has 2 aromatic rings. The Morgan fingerprint density at radius 3 is 2.75 bits per heavy atom. The van der Waals surface area contributed by atoms with Crippen molar-refractivity contribution in [2.24, 2.45) is 0 Å². The minimum absolute atomic E-state index is 0.159. The molecule has 0 saturated heterocycles. The smallest absolute Gasteiger partial charge is 0.248 e. The van der Waals surface area contributed by atoms with Crippen molar-refractivity contribution in [2.75, 3.05) is 12.4 Å². The van der Waals surface area contributed by atoms with Crippen molar-refractivity contribution in [3.63, 3.8) is 0 Å². The summed E-state index contributed by atoms with van der Waals surface area (Å²) in [4.78, 5) is 12.3. The Kier molecular flexibility index (Phi) is 6.62. The second kappa shape index (κ2) is 8.69. The molecule has 0 fully saturated rings. The van der Waals surface area contributed by atoms with Gasteiger partial charge in [-0.15, -0.1) is 0 Å². The van der Waals surface area contributed by atoms with Crippen molar-refractivity contribution < 1.29 is 9.53 Å². The molecular formula is C20H22BrNO2. The third-order valence-corrected chi connectivity index (χ3v) is 4.46. The Morgan fingerprint density at radius 2 is 2.04 bits per heavy atom. The third-order valence-electron chi connectivity index (χ3n) is 3.97. The summed E-state index contributed by atoms with van der Waals surface area (Å²) in [6, 6.07) is 13.6. The van der Waals surface area contributed by atoms with Gasteiger partial charge in [-0.05, 0) is 48.2 Å². The normalized spacial score (nSPS) is 12.2. The van der Waals surface area contributed by atoms with Crippen LogP contribution in [0.15, 0.2) is 53.0 Å². The van der Waals surface area contributed by atoms with Crippen LogP contribution in [0.1, 0.15) is 37.3 Å². The molecule has 126 valence electrons. The first-order valence-electron chi connectivity index (χ1n) is 7.96. The Bertz CT molecular complexity index is 740. The van der Waals surface area contributed by atoms with E-state index in [0.29, 0.717) is 5.92 Å². The highest BCUT2D eigenvalue weighted by Gasteiger charge is 2.10. The third kappa shape index (κ3) is 4.71. The standard InChI is InChI=1S/C20H22BrNO2/c1-4-14(2)17-7-5-6-8-18(17)22-20(23)12-9-15-13-16(21)10-11-19(15)24-3/h5-14H,4H2,1-3H3,(H,22,23). The number of methoxy groups -OCH3 is 1. The molecule has 24 heavy (non-hydrogen) atoms. The quantitative estimate of drug-likeness (QED) is 0.652. The second-order valence-corrected chi connectivity index (χ2v) is 6.52. The molecule has 0 spiro atoms. The molecule has 0 aliphatic rings. The van der Waals surface area contributed by atoms with Gasteiger partial charge in [0.05, 0.1) is 7.11 Å². The first-order chi connectivity index (χ1) is 11.5. The molecule has 0 heterocycles. The molecule has 2 rings (SSSR count). The van der Waals surface area contributed by atoms with Crippen molar-refractivity contribution >= 4 is 33.6 Å². The average Bonchev–Trinajstić information content (AvgIpc) is 2.60. The molecule has 0 bridgehead atoms. The van der Waals surface area contributed by atoms with E-state index in [1.165, 1.54) is 6.08 Å². The molecule has 1 N–H and O–H groups in total. The highest BCUT2D eigenvalue weighted by atomic mass is 79.9. The Hall–Kier alpha value is -2.07. The Morgan fingerprint density at radius 1 is 1.29 bits per heavy atom. The van der Waals surface area contributed by atoms with Crippen LogP contribution < -0.4 is 10.1 Å². The molecule has 0 aliphatic carbocycles. The highest BCUT2D eigenvalue weighted by Crippen LogP contribution is 2.27. The van der Waals surface area contributed by atoms with E-state index in [-0.39, 0.29) is 5.91 Å². The number of ether oxygens (including phenoxy) is 1. The lowest BCUT2D eigenvalue weighted by Crippen LogP contribution is -2.10. The van der Waals surface area contributed by atoms with E-state index in [9.17, 15) is 4.79 Å². The predicted octanol–water partition coefficient (Wildman–Crippen LogP) is 5.62. The van der Waals surface area contributed by atoms with Crippen molar-refractivity contribution in [3.05, 3.63) is 64.1 Å². The van der Waals surface area contributed by atoms with Crippen molar-refractivity contribution in [1.82, 2.24) is 0 Å². The fraction of sp³-hybridized carbons (Fsp3) is 0.250. The maximum atomic E-state index is 12.3. The van der Waals surface area contributed by atoms with E-state index in [1.807, 2.05) is 36.4 Å². The zero-order valence-corrected chi connectivity index (χ0v) is 15.8. The fourth-order valence-electron chi connectivity index (χ4n) is 2.44. The molecule has 1 amide bonds. The zero-order chi connectivity index (χ0) is 17.5. The van der Waals surface area contributed by atoms with Gasteiger partial charge in [-0.25, -0.2) is 0 Å². The number of benzene rings is 2. The van der Waals surface area contributed by atoms with Crippen molar-refractivity contribution in [2.45, 2.75) is 26.2 Å². The summed E-state index contributed by atoms with van der Waals surface area (Å²) in [7, 11) is 1.61. The van der Waals surface area contributed by atoms with Crippen molar-refractivity contribution in [3.8, 4) is 5.75 Å². The van der Waals surface area contributed by atoms with Crippen molar-refractivity contribution in [1.29, 1.82) is 0 Å². The minimum Gasteiger partial charge on any atom is -0.496 e. The van der Waals surface area contributed by atoms with Crippen LogP contribution in [0.25, 0.3) is 6.08 Å². The molecule has 0 saturated carbocycles. The van der Waals surface area contributed by atoms with E-state index >= 15 is 0 Å². The average molecular weight is 388 g/mol. The lowest BCUT2D eigenvalue weighted by Gasteiger charge is -2.14. The summed E-state index contributed by atoms with van der Waals surface area (Å²) >= 11 is 3.43. The summed E-state index contributed by atoms with van der Waals surface area (Å²) < 4.78 is 6.25. The van der Waals surface area contributed by atoms with Gasteiger partial charge < -0.3 is 10.1 Å². The topological polar surface area (TPSA) is 38.3 Å². The van der Waals surface area contributed by atoms with Gasteiger partial charge in [-0.2, -0.15) is 0 Å². The van der Waals surface area contributed by atoms with Gasteiger partial charge in [-0.1, -0.05) is 48.0 Å². The van der Waals surface area contributed by atoms with Gasteiger partial charge in [0.2, 0.25) is 5.91 Å². The van der Waals surface area contributed by atoms with Crippen LogP contribution in [0.4, 0.5) is 5.69 Å². The largest absolute Gasteiger partial charge is 0.496 e. The van der Waals surface area contributed by atoms with Crippen LogP contribution >= 0.6 is 15.9 Å². The Labute approximate surface area is 151 Å². The summed E-state index contributed by atoms with van der Waals surface area (Å²) in [5.74, 6) is 0.964. The number of hydrogen-bond acceptors (Lipinski definition) is 2. The first-order valence-corrected chi connectivity index (χ1v) is 8.76. The van der Waals surface area contributed by atoms with Gasteiger partial charge in [0.15, 0.2) is 0 Å². The molecule has 3 nitrogen and oxygen atoms in total. The van der Waals surface area contributed by atoms with Gasteiger partial charge >= 0.3 is 0 Å². The molecular weight excluding hydrogens is 366 g/mol. The molecule has 0 aromatic heterocycles. The molecule has 0 aliphatic heterocycles. The molecule has 0 radical (unpaired) electrons. The zero-order valence-electron chi connectivity index (χ0n) is 14.2. The first kappa shape index (κ1) is 18.3. The fourth-order valence-corrected chi connectivity index (χ4v) is 2.81. The van der Waals surface area contributed by atoms with E-state index in [1.54, 1.807) is 13.2 Å². The number of anilines is 1. The molecule has 1 unspecified atom stereocenters. The number of nitrogens with one attached hydrogen (secondary N) is 1. The summed E-state index contributed by atoms with van der Waals surface area (Å²) in [6.07, 6.45) is 4.31. The molecule has 1 atom stereocenters. The van der Waals surface area contributed by atoms with Crippen LogP contribution in [-0.4, -0.2) is 13.0 Å². The number of hydrogen-bond donors (Lipinski definition) is 1. The van der Waals surface area contributed by atoms with E-state index in [0.717, 1.165) is 33.5 Å². The van der Waals surface area contributed by atoms with Crippen LogP contribution in [-0.2, 0) is 4.79 Å². The summed E-state index contributed by atoms with van der Waals surface area (Å²) in [5, 5.41) is 2.97. The number of para-hydroxylation sites is 1. The van der Waals surface area contributed by atoms with Gasteiger partial charge in [0.1, 0.15) is 5.75 Å². The molecule has 4 heteroatoms. The number of carbonyl (C=O) groups excluding carboxylic acids is 1. The summed E-state index contributed by atoms with van der Waals surface area (Å²) in [6.45, 7) is 4.30. The van der Waals surface area contributed by atoms with Crippen LogP contribution in [0.2, 0.25) is 0 Å². The number of rotatable bonds is 6. The van der Waals surface area contributed by atoms with Crippen LogP contribution in [0, 0.1) is 0 Å². The summed E-state index contributed by atoms with van der Waals surface area (Å²) in [5.41, 5.74) is 2.86. The SMILES string of the molecule is CCC(C)c1ccccc1NC(=O)C=Cc1cc(Br)ccc1OC. The number of carbonyl (C=O) groups is 1. The van der Waals surface area contributed by atoms with E-state index < -0.39 is 0 Å². The predicted molar refractivity (Wildman–Crippen MR) is 104 cm³/mol. The molecule has 2 aromatic carbocycles. The lowest BCUT2D eigenvalue weighted by molar-refractivity contribution is -0.111. The Balaban J connectivity index is 2.16. The maximum Gasteiger partial charge on any atom is 0.248 e. The number of halogens is 1. The van der Waals surface area contributed by atoms with Gasteiger partial charge in [-0.3, -0.25) is 4.79 Å². The van der Waals surface area contributed by atoms with E-state index in [4.69, 9.17) is 4.74 Å². The van der Waals surface area contributed by atoms with Crippen LogP contribution in [0.5, 0.6) is 5.75 Å². The lowest BCUT2D eigenvalue weighted by atomic mass is 9.97. The van der Waals surface area contributed by atoms with E-state index in [2.05, 4.69) is 41.2 Å². The minimum atomic E-state index is -0.159. The monoisotopic (exact) mass is 387 g/mol. The number of amides is 1. The van der Waals surface area contributed by atoms with Gasteiger partial charge in [0, 0.05) is 21.8 Å². The van der Waals surface area contributed by atoms with Crippen LogP contribution in [0.3, 0.4) is 0 Å². The van der Waals surface area contributed by atoms with Gasteiger partial charge in [0.25, 0.3) is 0 Å². The highest BCUT2D eigenvalue weighted by molar-refractivity contribution is 9.10. The second-order valence-electron chi connectivity index (χ2n) is 5.61. The maximum absolute atomic E-state index is 12.3.